The Morgan fingerprint density at radius 2 is 1.79 bits per heavy atom. The molecule has 4 atom stereocenters. The van der Waals surface area contributed by atoms with Crippen LogP contribution < -0.4 is 19.1 Å². The maximum absolute atomic E-state index is 16.1. The lowest BCUT2D eigenvalue weighted by atomic mass is 9.77. The Morgan fingerprint density at radius 3 is 2.42 bits per heavy atom. The van der Waals surface area contributed by atoms with Crippen LogP contribution in [0, 0.1) is 11.7 Å². The Morgan fingerprint density at radius 1 is 1.04 bits per heavy atom. The first-order valence-corrected chi connectivity index (χ1v) is 18.5. The molecule has 1 heterocycles. The molecule has 2 fully saturated rings. The van der Waals surface area contributed by atoms with Crippen molar-refractivity contribution in [1.82, 2.24) is 14.9 Å². The van der Waals surface area contributed by atoms with Crippen LogP contribution in [-0.2, 0) is 28.2 Å². The number of alkyl halides is 5. The summed E-state index contributed by atoms with van der Waals surface area (Å²) in [7, 11) is 1.88. The predicted molar refractivity (Wildman–Crippen MR) is 192 cm³/mol. The first-order valence-electron chi connectivity index (χ1n) is 15.9. The summed E-state index contributed by atoms with van der Waals surface area (Å²) in [6.07, 6.45) is -1.44. The molecule has 6 rings (SSSR count). The third-order valence-corrected chi connectivity index (χ3v) is 13.2. The summed E-state index contributed by atoms with van der Waals surface area (Å²) in [4.78, 5) is 9.18. The molecule has 2 aliphatic carbocycles. The number of rotatable bonds is 11. The number of methoxy groups -OCH3 is 2. The van der Waals surface area contributed by atoms with E-state index in [1.54, 1.807) is 24.3 Å². The number of sulfonamides is 1. The van der Waals surface area contributed by atoms with Crippen LogP contribution in [0.4, 0.5) is 29.1 Å². The highest BCUT2D eigenvalue weighted by atomic mass is 35.5. The number of hydrogen-bond donors (Lipinski definition) is 1. The van der Waals surface area contributed by atoms with Gasteiger partial charge in [0.15, 0.2) is 0 Å². The lowest BCUT2D eigenvalue weighted by molar-refractivity contribution is -0.137. The fourth-order valence-electron chi connectivity index (χ4n) is 7.24. The number of fused-ring (bicyclic) bond motifs is 1. The van der Waals surface area contributed by atoms with Crippen molar-refractivity contribution in [3.8, 4) is 11.5 Å². The third kappa shape index (κ3) is 6.72. The van der Waals surface area contributed by atoms with E-state index in [1.807, 2.05) is 19.0 Å². The van der Waals surface area contributed by atoms with Gasteiger partial charge in [0.05, 0.1) is 37.0 Å². The molecule has 0 bridgehead atoms. The molecular weight excluding hydrogens is 769 g/mol. The number of aromatic nitrogens is 2. The first-order chi connectivity index (χ1) is 24.4. The molecule has 1 unspecified atom stereocenters. The highest BCUT2D eigenvalue weighted by Crippen LogP contribution is 2.75. The number of halogens is 7. The average Bonchev–Trinajstić information content (AvgIpc) is 3.61. The maximum atomic E-state index is 16.1. The molecule has 0 spiro atoms. The molecule has 2 saturated carbocycles. The van der Waals surface area contributed by atoms with Crippen molar-refractivity contribution < 1.29 is 35.5 Å². The Kier molecular flexibility index (Phi) is 10.3. The summed E-state index contributed by atoms with van der Waals surface area (Å²) in [5, 5.41) is 3.17. The van der Waals surface area contributed by atoms with Crippen LogP contribution in [0.25, 0.3) is 0 Å². The van der Waals surface area contributed by atoms with E-state index in [-0.39, 0.29) is 35.5 Å². The van der Waals surface area contributed by atoms with Crippen LogP contribution in [-0.4, -0.2) is 68.0 Å². The van der Waals surface area contributed by atoms with Crippen LogP contribution in [0.2, 0.25) is 5.02 Å². The van der Waals surface area contributed by atoms with Crippen molar-refractivity contribution in [2.75, 3.05) is 37.9 Å². The monoisotopic (exact) mass is 801 g/mol. The van der Waals surface area contributed by atoms with Gasteiger partial charge in [-0.3, -0.25) is 0 Å². The van der Waals surface area contributed by atoms with Crippen molar-refractivity contribution in [3.05, 3.63) is 101 Å². The van der Waals surface area contributed by atoms with E-state index < -0.39 is 54.2 Å². The topological polar surface area (TPSA) is 96.9 Å². The van der Waals surface area contributed by atoms with Crippen molar-refractivity contribution in [2.24, 2.45) is 5.92 Å². The zero-order valence-corrected chi connectivity index (χ0v) is 31.3. The fourth-order valence-corrected chi connectivity index (χ4v) is 10.1. The number of likely N-dealkylation sites (N-methyl/N-ethyl adjacent to an activating group) is 1. The molecule has 0 aliphatic heterocycles. The predicted octanol–water partition coefficient (Wildman–Crippen LogP) is 7.95. The van der Waals surface area contributed by atoms with Gasteiger partial charge in [-0.25, -0.2) is 27.1 Å². The molecule has 1 aromatic heterocycles. The minimum Gasteiger partial charge on any atom is -0.497 e. The van der Waals surface area contributed by atoms with Gasteiger partial charge in [-0.15, -0.1) is 23.2 Å². The van der Waals surface area contributed by atoms with E-state index >= 15 is 4.39 Å². The van der Waals surface area contributed by atoms with E-state index in [0.717, 1.165) is 28.6 Å². The molecule has 3 aromatic carbocycles. The first kappa shape index (κ1) is 38.2. The lowest BCUT2D eigenvalue weighted by Crippen LogP contribution is -2.49. The smallest absolute Gasteiger partial charge is 0.416 e. The summed E-state index contributed by atoms with van der Waals surface area (Å²) in [6, 6.07) is 12.5. The van der Waals surface area contributed by atoms with Crippen LogP contribution in [0.1, 0.15) is 29.5 Å². The number of nitrogens with one attached hydrogen (secondary N) is 1. The van der Waals surface area contributed by atoms with Crippen molar-refractivity contribution >= 4 is 56.3 Å². The largest absolute Gasteiger partial charge is 0.497 e. The second kappa shape index (κ2) is 14.0. The Labute approximate surface area is 313 Å². The van der Waals surface area contributed by atoms with Gasteiger partial charge in [0, 0.05) is 47.3 Å². The van der Waals surface area contributed by atoms with Crippen LogP contribution >= 0.6 is 34.8 Å². The van der Waals surface area contributed by atoms with Gasteiger partial charge in [0.25, 0.3) is 10.0 Å². The summed E-state index contributed by atoms with van der Waals surface area (Å²) in [5.41, 5.74) is -0.814. The standard InChI is InChI=1S/C35H34Cl3F4N5O4S/c1-46(2)28-17-33(21-6-5-7-22(12-21)35(40,41)42)31(34(33,37)38)16-27(28)45-26-15-25(39)30(14-24(26)36)52(48,49)47(32-10-11-43-19-44-32)18-20-8-9-23(50-3)13-29(20)51-4/h5-15,19,27-28,31,45H,16-18H2,1-4H3/t27-,28-,31?,33+/m0/s1. The van der Waals surface area contributed by atoms with E-state index in [0.29, 0.717) is 29.0 Å². The summed E-state index contributed by atoms with van der Waals surface area (Å²) >= 11 is 20.4. The molecule has 2 aliphatic rings. The third-order valence-electron chi connectivity index (χ3n) is 9.96. The minimum absolute atomic E-state index is 0.0269. The Hall–Kier alpha value is -3.56. The van der Waals surface area contributed by atoms with Crippen molar-refractivity contribution in [2.45, 2.75) is 52.3 Å². The van der Waals surface area contributed by atoms with Crippen LogP contribution in [0.3, 0.4) is 0 Å². The van der Waals surface area contributed by atoms with Crippen LogP contribution in [0.5, 0.6) is 11.5 Å². The van der Waals surface area contributed by atoms with Gasteiger partial charge in [-0.2, -0.15) is 13.2 Å². The van der Waals surface area contributed by atoms with E-state index in [1.165, 1.54) is 38.9 Å². The summed E-state index contributed by atoms with van der Waals surface area (Å²) in [6.45, 7) is -0.288. The average molecular weight is 803 g/mol. The molecule has 278 valence electrons. The number of nitrogens with zero attached hydrogens (tertiary/aromatic N) is 4. The van der Waals surface area contributed by atoms with Gasteiger partial charge in [-0.1, -0.05) is 29.8 Å². The highest BCUT2D eigenvalue weighted by Gasteiger charge is 2.78. The molecule has 0 radical (unpaired) electrons. The normalized spacial score (nSPS) is 22.4. The quantitative estimate of drug-likeness (QED) is 0.121. The Balaban J connectivity index is 1.31. The second-order valence-corrected chi connectivity index (χ2v) is 16.6. The fraction of sp³-hybridized carbons (Fsp3) is 0.371. The van der Waals surface area contributed by atoms with Crippen molar-refractivity contribution in [3.63, 3.8) is 0 Å². The Bertz CT molecular complexity index is 2080. The molecule has 1 N–H and O–H groups in total. The van der Waals surface area contributed by atoms with Crippen molar-refractivity contribution in [1.29, 1.82) is 0 Å². The molecule has 4 aromatic rings. The lowest BCUT2D eigenvalue weighted by Gasteiger charge is -2.40. The zero-order chi connectivity index (χ0) is 37.8. The van der Waals surface area contributed by atoms with Gasteiger partial charge in [0.2, 0.25) is 0 Å². The summed E-state index contributed by atoms with van der Waals surface area (Å²) in [5.74, 6) is -0.738. The van der Waals surface area contributed by atoms with Crippen LogP contribution in [0.15, 0.2) is 78.1 Å². The number of hydrogen-bond acceptors (Lipinski definition) is 8. The van der Waals surface area contributed by atoms with E-state index in [9.17, 15) is 21.6 Å². The number of ether oxygens (including phenoxy) is 2. The SMILES string of the molecule is COc1ccc(CN(c2ccncn2)S(=O)(=O)c2cc(Cl)c(N[C@H]3CC4C(Cl)(Cl)[C@@]4(c4cccc(C(F)(F)F)c4)C[C@@H]3N(C)C)cc2F)c(OC)c1. The molecule has 0 saturated heterocycles. The molecule has 9 nitrogen and oxygen atoms in total. The molecular formula is C35H34Cl3F4N5O4S. The second-order valence-electron chi connectivity index (χ2n) is 13.0. The van der Waals surface area contributed by atoms with E-state index in [2.05, 4.69) is 15.3 Å². The molecule has 52 heavy (non-hydrogen) atoms. The number of anilines is 2. The number of benzene rings is 3. The van der Waals surface area contributed by atoms with Gasteiger partial charge < -0.3 is 19.7 Å². The van der Waals surface area contributed by atoms with Gasteiger partial charge in [0.1, 0.15) is 38.7 Å². The summed E-state index contributed by atoms with van der Waals surface area (Å²) < 4.78 is 95.8. The van der Waals surface area contributed by atoms with Gasteiger partial charge >= 0.3 is 6.18 Å². The van der Waals surface area contributed by atoms with E-state index in [4.69, 9.17) is 44.3 Å². The zero-order valence-electron chi connectivity index (χ0n) is 28.3. The highest BCUT2D eigenvalue weighted by molar-refractivity contribution is 7.92. The molecule has 17 heteroatoms. The minimum atomic E-state index is -4.64. The van der Waals surface area contributed by atoms with Gasteiger partial charge in [-0.05, 0) is 62.8 Å². The maximum Gasteiger partial charge on any atom is 0.416 e. The molecule has 0 amide bonds.